The van der Waals surface area contributed by atoms with Crippen LogP contribution in [0, 0.1) is 17.1 Å². The highest BCUT2D eigenvalue weighted by atomic mass is 127. The zero-order valence-corrected chi connectivity index (χ0v) is 18.4. The third-order valence-electron chi connectivity index (χ3n) is 3.79. The lowest BCUT2D eigenvalue weighted by atomic mass is 10.1. The summed E-state index contributed by atoms with van der Waals surface area (Å²) in [7, 11) is 1.40. The van der Waals surface area contributed by atoms with Crippen LogP contribution in [0.2, 0.25) is 0 Å². The molecule has 0 aliphatic rings. The van der Waals surface area contributed by atoms with Gasteiger partial charge in [0.15, 0.2) is 5.83 Å². The highest BCUT2D eigenvalue weighted by Gasteiger charge is 2.15. The normalized spacial score (nSPS) is 13.3. The average Bonchev–Trinajstić information content (AvgIpc) is 3.00. The Morgan fingerprint density at radius 2 is 2.11 bits per heavy atom. The Kier molecular flexibility index (Phi) is 7.88. The van der Waals surface area contributed by atoms with Crippen molar-refractivity contribution in [2.24, 2.45) is 11.7 Å². The fraction of sp³-hybridized carbons (Fsp3) is 0.150. The molecule has 0 unspecified atom stereocenters. The van der Waals surface area contributed by atoms with E-state index >= 15 is 4.39 Å². The third kappa shape index (κ3) is 5.26. The molecule has 0 aliphatic carbocycles. The van der Waals surface area contributed by atoms with Crippen molar-refractivity contribution in [3.63, 3.8) is 0 Å². The van der Waals surface area contributed by atoms with Crippen LogP contribution in [0.15, 0.2) is 54.3 Å². The van der Waals surface area contributed by atoms with Gasteiger partial charge in [0.05, 0.1) is 11.1 Å². The minimum atomic E-state index is -0.587. The first kappa shape index (κ1) is 22.2. The summed E-state index contributed by atoms with van der Waals surface area (Å²) >= 11 is 2.10. The van der Waals surface area contributed by atoms with E-state index < -0.39 is 11.6 Å². The van der Waals surface area contributed by atoms with Crippen molar-refractivity contribution in [3.8, 4) is 5.75 Å². The largest absolute Gasteiger partial charge is 0.458 e. The van der Waals surface area contributed by atoms with Gasteiger partial charge in [-0.15, -0.1) is 0 Å². The molecule has 0 atom stereocenters. The molecule has 0 fully saturated rings. The molecule has 0 saturated carbocycles. The highest BCUT2D eigenvalue weighted by Crippen LogP contribution is 2.25. The first-order valence-corrected chi connectivity index (χ1v) is 11.6. The molecule has 2 rings (SSSR count). The van der Waals surface area contributed by atoms with Crippen LogP contribution in [0.5, 0.6) is 5.75 Å². The van der Waals surface area contributed by atoms with E-state index in [0.717, 1.165) is 6.20 Å². The second-order valence-corrected chi connectivity index (χ2v) is 7.86. The van der Waals surface area contributed by atoms with E-state index in [4.69, 9.17) is 15.9 Å². The number of hydrogen-bond donors (Lipinski definition) is 2. The van der Waals surface area contributed by atoms with Gasteiger partial charge in [-0.25, -0.2) is 8.78 Å². The van der Waals surface area contributed by atoms with Crippen molar-refractivity contribution in [1.29, 1.82) is 5.41 Å². The number of aromatic nitrogens is 1. The molecule has 8 heteroatoms. The predicted octanol–water partition coefficient (Wildman–Crippen LogP) is 4.42. The molecule has 4 nitrogen and oxygen atoms in total. The van der Waals surface area contributed by atoms with E-state index in [1.165, 1.54) is 39.5 Å². The standard InChI is InChI=1S/C20H20F2IN3OS/c1-12(2)20(17(22)11-19-13(3)7-9-26(19)28-23)27-14-4-5-16(21)15(10-14)18(25)6-8-24/h4-12,25H,3,24H2,1-2H3/b8-6-,19-11+,20-17-,25-18?. The minimum Gasteiger partial charge on any atom is -0.458 e. The molecule has 0 amide bonds. The monoisotopic (exact) mass is 515 g/mol. The van der Waals surface area contributed by atoms with E-state index in [0.29, 0.717) is 10.6 Å². The minimum absolute atomic E-state index is 0.0157. The quantitative estimate of drug-likeness (QED) is 0.326. The molecule has 0 aliphatic heterocycles. The number of ether oxygens (including phenoxy) is 1. The van der Waals surface area contributed by atoms with Crippen molar-refractivity contribution in [3.05, 3.63) is 76.3 Å². The first-order valence-electron chi connectivity index (χ1n) is 8.29. The molecule has 148 valence electrons. The second-order valence-electron chi connectivity index (χ2n) is 6.15. The third-order valence-corrected chi connectivity index (χ3v) is 5.53. The fourth-order valence-corrected chi connectivity index (χ4v) is 3.78. The summed E-state index contributed by atoms with van der Waals surface area (Å²) in [5, 5.41) is 9.16. The summed E-state index contributed by atoms with van der Waals surface area (Å²) in [4.78, 5) is 0. The van der Waals surface area contributed by atoms with Crippen LogP contribution in [-0.4, -0.2) is 9.68 Å². The maximum atomic E-state index is 15.0. The van der Waals surface area contributed by atoms with Gasteiger partial charge >= 0.3 is 0 Å². The van der Waals surface area contributed by atoms with Crippen molar-refractivity contribution in [1.82, 2.24) is 3.97 Å². The zero-order valence-electron chi connectivity index (χ0n) is 15.4. The fourth-order valence-electron chi connectivity index (χ4n) is 2.40. The zero-order chi connectivity index (χ0) is 20.8. The molecule has 0 radical (unpaired) electrons. The molecular weight excluding hydrogens is 495 g/mol. The molecule has 2 aromatic rings. The van der Waals surface area contributed by atoms with Gasteiger partial charge in [0.2, 0.25) is 0 Å². The van der Waals surface area contributed by atoms with Crippen LogP contribution in [0.3, 0.4) is 0 Å². The number of rotatable bonds is 7. The van der Waals surface area contributed by atoms with E-state index in [-0.39, 0.29) is 28.7 Å². The lowest BCUT2D eigenvalue weighted by Crippen LogP contribution is -2.25. The molecule has 3 N–H and O–H groups in total. The van der Waals surface area contributed by atoms with Gasteiger partial charge in [-0.1, -0.05) is 20.4 Å². The number of hydrogen-bond acceptors (Lipinski definition) is 4. The molecule has 1 aromatic heterocycles. The molecule has 1 heterocycles. The van der Waals surface area contributed by atoms with Crippen LogP contribution >= 0.6 is 30.3 Å². The van der Waals surface area contributed by atoms with Crippen LogP contribution in [-0.2, 0) is 0 Å². The average molecular weight is 515 g/mol. The van der Waals surface area contributed by atoms with Crippen molar-refractivity contribution >= 4 is 48.7 Å². The number of nitrogens with one attached hydrogen (secondary N) is 1. The smallest absolute Gasteiger partial charge is 0.163 e. The van der Waals surface area contributed by atoms with Crippen molar-refractivity contribution in [2.75, 3.05) is 0 Å². The number of nitrogens with zero attached hydrogens (tertiary/aromatic N) is 1. The number of allylic oxidation sites excluding steroid dienone is 3. The number of nitrogens with two attached hydrogens (primary N) is 1. The maximum absolute atomic E-state index is 15.0. The van der Waals surface area contributed by atoms with E-state index in [1.807, 2.05) is 0 Å². The molecule has 1 aromatic carbocycles. The summed E-state index contributed by atoms with van der Waals surface area (Å²) < 4.78 is 36.6. The second kappa shape index (κ2) is 9.92. The van der Waals surface area contributed by atoms with Gasteiger partial charge in [-0.2, -0.15) is 0 Å². The van der Waals surface area contributed by atoms with Crippen LogP contribution < -0.4 is 21.0 Å². The molecule has 0 spiro atoms. The van der Waals surface area contributed by atoms with Gasteiger partial charge in [-0.05, 0) is 41.8 Å². The topological polar surface area (TPSA) is 64.0 Å². The van der Waals surface area contributed by atoms with E-state index in [2.05, 4.69) is 27.8 Å². The Morgan fingerprint density at radius 3 is 2.71 bits per heavy atom. The van der Waals surface area contributed by atoms with Gasteiger partial charge in [0.1, 0.15) is 17.3 Å². The maximum Gasteiger partial charge on any atom is 0.163 e. The lowest BCUT2D eigenvalue weighted by molar-refractivity contribution is 0.347. The molecule has 0 saturated heterocycles. The SMILES string of the molecule is C=c1ccn(SI)/c1=C/C(F)=C(/Oc1ccc(F)c(C(=N)/C=C\N)c1)C(C)C. The van der Waals surface area contributed by atoms with Gasteiger partial charge in [-0.3, -0.25) is 3.97 Å². The van der Waals surface area contributed by atoms with Crippen LogP contribution in [0.25, 0.3) is 12.7 Å². The van der Waals surface area contributed by atoms with E-state index in [1.54, 1.807) is 30.1 Å². The summed E-state index contributed by atoms with van der Waals surface area (Å²) in [6.45, 7) is 7.50. The summed E-state index contributed by atoms with van der Waals surface area (Å²) in [6, 6.07) is 5.71. The highest BCUT2D eigenvalue weighted by molar-refractivity contribution is 14.2. The van der Waals surface area contributed by atoms with Crippen LogP contribution in [0.1, 0.15) is 19.4 Å². The van der Waals surface area contributed by atoms with Crippen molar-refractivity contribution < 1.29 is 13.5 Å². The van der Waals surface area contributed by atoms with E-state index in [9.17, 15) is 4.39 Å². The van der Waals surface area contributed by atoms with Gasteiger partial charge < -0.3 is 15.9 Å². The Bertz CT molecular complexity index is 1040. The molecule has 28 heavy (non-hydrogen) atoms. The Hall–Kier alpha value is -2.07. The first-order chi connectivity index (χ1) is 13.3. The number of halogens is 3. The molecular formula is C20H20F2IN3OS. The summed E-state index contributed by atoms with van der Waals surface area (Å²) in [5.41, 5.74) is 5.18. The summed E-state index contributed by atoms with van der Waals surface area (Å²) in [5.74, 6) is -1.07. The predicted molar refractivity (Wildman–Crippen MR) is 121 cm³/mol. The number of benzene rings is 1. The molecule has 0 bridgehead atoms. The Labute approximate surface area is 178 Å². The van der Waals surface area contributed by atoms with Crippen molar-refractivity contribution in [2.45, 2.75) is 13.8 Å². The van der Waals surface area contributed by atoms with Gasteiger partial charge in [0, 0.05) is 54.1 Å². The Morgan fingerprint density at radius 1 is 1.39 bits per heavy atom. The van der Waals surface area contributed by atoms with Crippen LogP contribution in [0.4, 0.5) is 8.78 Å². The summed E-state index contributed by atoms with van der Waals surface area (Å²) in [6.07, 6.45) is 5.59. The lowest BCUT2D eigenvalue weighted by Gasteiger charge is -2.15. The Balaban J connectivity index is 2.50. The van der Waals surface area contributed by atoms with Gasteiger partial charge in [0.25, 0.3) is 0 Å².